The maximum atomic E-state index is 13.1. The zero-order valence-electron chi connectivity index (χ0n) is 13.8. The van der Waals surface area contributed by atoms with Crippen molar-refractivity contribution in [1.29, 1.82) is 0 Å². The SMILES string of the molecule is CC1(C)OC(=O)CC1C(=O)N1CCCC1c1nnc2ccccn12. The van der Waals surface area contributed by atoms with Crippen molar-refractivity contribution in [3.8, 4) is 0 Å². The molecule has 126 valence electrons. The van der Waals surface area contributed by atoms with E-state index in [9.17, 15) is 9.59 Å². The zero-order chi connectivity index (χ0) is 16.9. The third-order valence-corrected chi connectivity index (χ3v) is 5.06. The Bertz CT molecular complexity index is 813. The van der Waals surface area contributed by atoms with Gasteiger partial charge in [0.2, 0.25) is 5.91 Å². The quantitative estimate of drug-likeness (QED) is 0.785. The number of fused-ring (bicyclic) bond motifs is 1. The Labute approximate surface area is 139 Å². The smallest absolute Gasteiger partial charge is 0.307 e. The molecule has 4 heterocycles. The van der Waals surface area contributed by atoms with E-state index in [-0.39, 0.29) is 24.3 Å². The largest absolute Gasteiger partial charge is 0.459 e. The normalized spacial score (nSPS) is 26.1. The first-order valence-electron chi connectivity index (χ1n) is 8.29. The molecule has 2 aliphatic heterocycles. The summed E-state index contributed by atoms with van der Waals surface area (Å²) < 4.78 is 7.25. The first kappa shape index (κ1) is 15.1. The van der Waals surface area contributed by atoms with Crippen molar-refractivity contribution in [2.75, 3.05) is 6.54 Å². The van der Waals surface area contributed by atoms with E-state index >= 15 is 0 Å². The summed E-state index contributed by atoms with van der Waals surface area (Å²) >= 11 is 0. The van der Waals surface area contributed by atoms with Gasteiger partial charge in [-0.3, -0.25) is 14.0 Å². The van der Waals surface area contributed by atoms with Crippen LogP contribution in [-0.4, -0.2) is 43.5 Å². The van der Waals surface area contributed by atoms with E-state index in [4.69, 9.17) is 4.74 Å². The second kappa shape index (κ2) is 5.29. The Hall–Kier alpha value is -2.44. The van der Waals surface area contributed by atoms with Crippen LogP contribution in [-0.2, 0) is 14.3 Å². The fourth-order valence-electron chi connectivity index (χ4n) is 3.79. The van der Waals surface area contributed by atoms with Crippen LogP contribution in [0.5, 0.6) is 0 Å². The van der Waals surface area contributed by atoms with Crippen molar-refractivity contribution < 1.29 is 14.3 Å². The molecule has 4 rings (SSSR count). The standard InChI is InChI=1S/C17H20N4O3/c1-17(2)11(10-14(22)24-17)16(23)20-9-5-6-12(20)15-19-18-13-7-3-4-8-21(13)15/h3-4,7-8,11-12H,5-6,9-10H2,1-2H3. The fraction of sp³-hybridized carbons (Fsp3) is 0.529. The lowest BCUT2D eigenvalue weighted by Gasteiger charge is -2.30. The molecule has 0 saturated carbocycles. The van der Waals surface area contributed by atoms with Gasteiger partial charge < -0.3 is 9.64 Å². The highest BCUT2D eigenvalue weighted by molar-refractivity contribution is 5.88. The summed E-state index contributed by atoms with van der Waals surface area (Å²) in [6.07, 6.45) is 3.83. The van der Waals surface area contributed by atoms with Crippen molar-refractivity contribution in [3.05, 3.63) is 30.2 Å². The van der Waals surface area contributed by atoms with E-state index in [2.05, 4.69) is 10.2 Å². The highest BCUT2D eigenvalue weighted by Crippen LogP contribution is 2.38. The van der Waals surface area contributed by atoms with Crippen LogP contribution in [0.25, 0.3) is 5.65 Å². The molecule has 0 aromatic carbocycles. The molecule has 2 aliphatic rings. The highest BCUT2D eigenvalue weighted by atomic mass is 16.6. The topological polar surface area (TPSA) is 76.8 Å². The number of ether oxygens (including phenoxy) is 1. The molecule has 7 nitrogen and oxygen atoms in total. The lowest BCUT2D eigenvalue weighted by atomic mass is 9.89. The first-order valence-corrected chi connectivity index (χ1v) is 8.29. The molecule has 24 heavy (non-hydrogen) atoms. The molecule has 0 aliphatic carbocycles. The highest BCUT2D eigenvalue weighted by Gasteiger charge is 2.49. The minimum absolute atomic E-state index is 0.0268. The van der Waals surface area contributed by atoms with E-state index in [0.29, 0.717) is 6.54 Å². The molecule has 7 heteroatoms. The number of amides is 1. The average Bonchev–Trinajstić information content (AvgIpc) is 3.22. The predicted molar refractivity (Wildman–Crippen MR) is 85.0 cm³/mol. The molecule has 2 unspecified atom stereocenters. The van der Waals surface area contributed by atoms with Crippen LogP contribution >= 0.6 is 0 Å². The summed E-state index contributed by atoms with van der Waals surface area (Å²) in [4.78, 5) is 26.6. The van der Waals surface area contributed by atoms with Crippen LogP contribution in [0.2, 0.25) is 0 Å². The summed E-state index contributed by atoms with van der Waals surface area (Å²) in [5, 5.41) is 8.50. The van der Waals surface area contributed by atoms with Gasteiger partial charge in [0.25, 0.3) is 0 Å². The molecule has 0 spiro atoms. The maximum Gasteiger partial charge on any atom is 0.307 e. The Morgan fingerprint density at radius 1 is 1.33 bits per heavy atom. The molecule has 1 amide bonds. The van der Waals surface area contributed by atoms with Gasteiger partial charge >= 0.3 is 5.97 Å². The lowest BCUT2D eigenvalue weighted by Crippen LogP contribution is -2.43. The summed E-state index contributed by atoms with van der Waals surface area (Å²) in [6.45, 7) is 4.28. The van der Waals surface area contributed by atoms with Crippen LogP contribution in [0.1, 0.15) is 45.0 Å². The van der Waals surface area contributed by atoms with Gasteiger partial charge in [0, 0.05) is 12.7 Å². The van der Waals surface area contributed by atoms with Crippen LogP contribution < -0.4 is 0 Å². The number of likely N-dealkylation sites (tertiary alicyclic amines) is 1. The minimum atomic E-state index is -0.756. The van der Waals surface area contributed by atoms with Crippen molar-refractivity contribution in [2.45, 2.75) is 44.8 Å². The summed E-state index contributed by atoms with van der Waals surface area (Å²) in [5.41, 5.74) is 0.0142. The number of carbonyl (C=O) groups is 2. The molecule has 0 bridgehead atoms. The Morgan fingerprint density at radius 2 is 2.17 bits per heavy atom. The van der Waals surface area contributed by atoms with E-state index < -0.39 is 11.5 Å². The molecule has 2 aromatic heterocycles. The summed E-state index contributed by atoms with van der Waals surface area (Å²) in [6, 6.07) is 5.62. The van der Waals surface area contributed by atoms with Crippen LogP contribution in [0.4, 0.5) is 0 Å². The summed E-state index contributed by atoms with van der Waals surface area (Å²) in [5.74, 6) is 0.00680. The van der Waals surface area contributed by atoms with Gasteiger partial charge in [-0.15, -0.1) is 10.2 Å². The van der Waals surface area contributed by atoms with Gasteiger partial charge in [0.15, 0.2) is 11.5 Å². The van der Waals surface area contributed by atoms with Gasteiger partial charge in [-0.1, -0.05) is 6.07 Å². The van der Waals surface area contributed by atoms with Gasteiger partial charge in [0.1, 0.15) is 5.60 Å². The number of esters is 1. The molecule has 2 fully saturated rings. The molecular formula is C17H20N4O3. The molecule has 2 aromatic rings. The third-order valence-electron chi connectivity index (χ3n) is 5.06. The third kappa shape index (κ3) is 2.26. The van der Waals surface area contributed by atoms with Crippen molar-refractivity contribution in [2.24, 2.45) is 5.92 Å². The monoisotopic (exact) mass is 328 g/mol. The lowest BCUT2D eigenvalue weighted by molar-refractivity contribution is -0.149. The van der Waals surface area contributed by atoms with E-state index in [1.54, 1.807) is 13.8 Å². The molecule has 2 atom stereocenters. The Balaban J connectivity index is 1.66. The van der Waals surface area contributed by atoms with Crippen molar-refractivity contribution >= 4 is 17.5 Å². The van der Waals surface area contributed by atoms with E-state index in [0.717, 1.165) is 24.3 Å². The van der Waals surface area contributed by atoms with Crippen molar-refractivity contribution in [1.82, 2.24) is 19.5 Å². The van der Waals surface area contributed by atoms with Crippen LogP contribution in [0, 0.1) is 5.92 Å². The second-order valence-corrected chi connectivity index (χ2v) is 7.01. The molecule has 2 saturated heterocycles. The maximum absolute atomic E-state index is 13.1. The number of carbonyl (C=O) groups excluding carboxylic acids is 2. The minimum Gasteiger partial charge on any atom is -0.459 e. The number of rotatable bonds is 2. The molecule has 0 N–H and O–H groups in total. The number of aromatic nitrogens is 3. The van der Waals surface area contributed by atoms with Gasteiger partial charge in [-0.05, 0) is 38.8 Å². The Kier molecular flexibility index (Phi) is 3.33. The predicted octanol–water partition coefficient (Wildman–Crippen LogP) is 1.73. The number of hydrogen-bond donors (Lipinski definition) is 0. The number of cyclic esters (lactones) is 1. The van der Waals surface area contributed by atoms with Crippen LogP contribution in [0.3, 0.4) is 0 Å². The first-order chi connectivity index (χ1) is 11.5. The van der Waals surface area contributed by atoms with Gasteiger partial charge in [-0.2, -0.15) is 0 Å². The number of hydrogen-bond acceptors (Lipinski definition) is 5. The average molecular weight is 328 g/mol. The Morgan fingerprint density at radius 3 is 2.92 bits per heavy atom. The zero-order valence-corrected chi connectivity index (χ0v) is 13.8. The fourth-order valence-corrected chi connectivity index (χ4v) is 3.79. The number of pyridine rings is 1. The van der Waals surface area contributed by atoms with E-state index in [1.165, 1.54) is 0 Å². The van der Waals surface area contributed by atoms with E-state index in [1.807, 2.05) is 33.7 Å². The second-order valence-electron chi connectivity index (χ2n) is 7.01. The van der Waals surface area contributed by atoms with Crippen LogP contribution in [0.15, 0.2) is 24.4 Å². The number of nitrogens with zero attached hydrogens (tertiary/aromatic N) is 4. The van der Waals surface area contributed by atoms with Gasteiger partial charge in [-0.25, -0.2) is 0 Å². The van der Waals surface area contributed by atoms with Gasteiger partial charge in [0.05, 0.1) is 18.4 Å². The molecule has 0 radical (unpaired) electrons. The van der Waals surface area contributed by atoms with Crippen molar-refractivity contribution in [3.63, 3.8) is 0 Å². The summed E-state index contributed by atoms with van der Waals surface area (Å²) in [7, 11) is 0. The molecular weight excluding hydrogens is 308 g/mol.